The molecule has 0 fully saturated rings. The average Bonchev–Trinajstić information content (AvgIpc) is 3.30. The predicted molar refractivity (Wildman–Crippen MR) is 113 cm³/mol. The molecule has 0 saturated heterocycles. The smallest absolute Gasteiger partial charge is 0.273 e. The molecule has 0 aliphatic rings. The van der Waals surface area contributed by atoms with Crippen molar-refractivity contribution in [3.63, 3.8) is 0 Å². The molecule has 4 rings (SSSR count). The van der Waals surface area contributed by atoms with Gasteiger partial charge in [-0.15, -0.1) is 0 Å². The largest absolute Gasteiger partial charge is 0.497 e. The lowest BCUT2D eigenvalue weighted by molar-refractivity contribution is 0.0942. The van der Waals surface area contributed by atoms with Crippen LogP contribution in [0.15, 0.2) is 89.5 Å². The van der Waals surface area contributed by atoms with E-state index in [0.29, 0.717) is 12.3 Å². The molecule has 0 saturated carbocycles. The zero-order valence-electron chi connectivity index (χ0n) is 16.4. The van der Waals surface area contributed by atoms with Gasteiger partial charge < -0.3 is 19.3 Å². The van der Waals surface area contributed by atoms with Crippen molar-refractivity contribution in [2.75, 3.05) is 7.11 Å². The normalized spacial score (nSPS) is 10.4. The molecule has 4 aromatic rings. The zero-order valence-corrected chi connectivity index (χ0v) is 16.4. The summed E-state index contributed by atoms with van der Waals surface area (Å²) < 4.78 is 16.2. The number of carbonyl (C=O) groups is 1. The molecule has 1 amide bonds. The minimum Gasteiger partial charge on any atom is -0.497 e. The molecule has 0 spiro atoms. The summed E-state index contributed by atoms with van der Waals surface area (Å²) in [7, 11) is 1.61. The van der Waals surface area contributed by atoms with Gasteiger partial charge in [0.1, 0.15) is 17.2 Å². The van der Waals surface area contributed by atoms with Crippen LogP contribution in [0.5, 0.6) is 17.2 Å². The van der Waals surface area contributed by atoms with E-state index in [1.807, 2.05) is 78.9 Å². The number of rotatable bonds is 7. The van der Waals surface area contributed by atoms with Crippen molar-refractivity contribution in [1.82, 2.24) is 10.5 Å². The third kappa shape index (κ3) is 4.67. The Kier molecular flexibility index (Phi) is 5.75. The molecule has 150 valence electrons. The van der Waals surface area contributed by atoms with Crippen LogP contribution in [0, 0.1) is 0 Å². The van der Waals surface area contributed by atoms with Crippen molar-refractivity contribution in [3.05, 3.63) is 96.2 Å². The summed E-state index contributed by atoms with van der Waals surface area (Å²) in [6, 6.07) is 26.1. The van der Waals surface area contributed by atoms with Crippen LogP contribution in [-0.2, 0) is 6.54 Å². The van der Waals surface area contributed by atoms with Gasteiger partial charge in [0.2, 0.25) is 0 Å². The lowest BCUT2D eigenvalue weighted by atomic mass is 10.1. The van der Waals surface area contributed by atoms with Crippen molar-refractivity contribution in [1.29, 1.82) is 0 Å². The number of para-hydroxylation sites is 1. The van der Waals surface area contributed by atoms with Crippen molar-refractivity contribution >= 4 is 5.91 Å². The van der Waals surface area contributed by atoms with Gasteiger partial charge in [-0.2, -0.15) is 0 Å². The molecular formula is C24H20N2O4. The second-order valence-corrected chi connectivity index (χ2v) is 6.55. The SMILES string of the molecule is COc1ccc(-c2cc(C(=O)NCc3ccc(Oc4ccccc4)cc3)no2)cc1. The molecule has 0 aliphatic carbocycles. The number of methoxy groups -OCH3 is 1. The van der Waals surface area contributed by atoms with Crippen LogP contribution in [-0.4, -0.2) is 18.2 Å². The number of hydrogen-bond donors (Lipinski definition) is 1. The van der Waals surface area contributed by atoms with Gasteiger partial charge >= 0.3 is 0 Å². The summed E-state index contributed by atoms with van der Waals surface area (Å²) in [5.74, 6) is 2.47. The maximum Gasteiger partial charge on any atom is 0.273 e. The number of benzene rings is 3. The van der Waals surface area contributed by atoms with Crippen LogP contribution in [0.4, 0.5) is 0 Å². The third-order valence-electron chi connectivity index (χ3n) is 4.47. The van der Waals surface area contributed by atoms with Gasteiger partial charge in [0.25, 0.3) is 5.91 Å². The molecule has 6 heteroatoms. The van der Waals surface area contributed by atoms with E-state index in [9.17, 15) is 4.79 Å². The lowest BCUT2D eigenvalue weighted by Gasteiger charge is -2.07. The number of ether oxygens (including phenoxy) is 2. The fourth-order valence-electron chi connectivity index (χ4n) is 2.85. The van der Waals surface area contributed by atoms with E-state index in [0.717, 1.165) is 28.4 Å². The van der Waals surface area contributed by atoms with Crippen LogP contribution in [0.3, 0.4) is 0 Å². The Morgan fingerprint density at radius 2 is 1.57 bits per heavy atom. The second-order valence-electron chi connectivity index (χ2n) is 6.55. The molecule has 0 aliphatic heterocycles. The van der Waals surface area contributed by atoms with Gasteiger partial charge in [-0.05, 0) is 54.1 Å². The number of nitrogens with zero attached hydrogens (tertiary/aromatic N) is 1. The number of nitrogens with one attached hydrogen (secondary N) is 1. The van der Waals surface area contributed by atoms with Crippen molar-refractivity contribution < 1.29 is 18.8 Å². The average molecular weight is 400 g/mol. The Labute approximate surface area is 174 Å². The van der Waals surface area contributed by atoms with Crippen LogP contribution < -0.4 is 14.8 Å². The highest BCUT2D eigenvalue weighted by Gasteiger charge is 2.13. The quantitative estimate of drug-likeness (QED) is 0.469. The van der Waals surface area contributed by atoms with E-state index < -0.39 is 0 Å². The summed E-state index contributed by atoms with van der Waals surface area (Å²) in [6.45, 7) is 0.370. The first-order chi connectivity index (χ1) is 14.7. The van der Waals surface area contributed by atoms with Crippen molar-refractivity contribution in [2.45, 2.75) is 6.54 Å². The number of amides is 1. The Morgan fingerprint density at radius 1 is 0.900 bits per heavy atom. The van der Waals surface area contributed by atoms with E-state index in [2.05, 4.69) is 10.5 Å². The summed E-state index contributed by atoms with van der Waals surface area (Å²) in [5, 5.41) is 6.72. The number of hydrogen-bond acceptors (Lipinski definition) is 5. The maximum atomic E-state index is 12.4. The van der Waals surface area contributed by atoms with Gasteiger partial charge in [-0.25, -0.2) is 0 Å². The molecule has 0 radical (unpaired) electrons. The fourth-order valence-corrected chi connectivity index (χ4v) is 2.85. The van der Waals surface area contributed by atoms with Gasteiger partial charge in [0.15, 0.2) is 11.5 Å². The Hall–Kier alpha value is -4.06. The Morgan fingerprint density at radius 3 is 2.27 bits per heavy atom. The summed E-state index contributed by atoms with van der Waals surface area (Å²) in [5.41, 5.74) is 1.99. The lowest BCUT2D eigenvalue weighted by Crippen LogP contribution is -2.22. The molecule has 1 aromatic heterocycles. The molecule has 30 heavy (non-hydrogen) atoms. The number of aromatic nitrogens is 1. The van der Waals surface area contributed by atoms with Crippen LogP contribution in [0.2, 0.25) is 0 Å². The highest BCUT2D eigenvalue weighted by Crippen LogP contribution is 2.23. The Bertz CT molecular complexity index is 1100. The topological polar surface area (TPSA) is 73.6 Å². The van der Waals surface area contributed by atoms with E-state index >= 15 is 0 Å². The molecule has 3 aromatic carbocycles. The van der Waals surface area contributed by atoms with Crippen LogP contribution in [0.25, 0.3) is 11.3 Å². The summed E-state index contributed by atoms with van der Waals surface area (Å²) in [4.78, 5) is 12.4. The van der Waals surface area contributed by atoms with Gasteiger partial charge in [-0.1, -0.05) is 35.5 Å². The predicted octanol–water partition coefficient (Wildman–Crippen LogP) is 5.07. The Balaban J connectivity index is 1.33. The van der Waals surface area contributed by atoms with E-state index in [1.165, 1.54) is 0 Å². The van der Waals surface area contributed by atoms with Gasteiger partial charge in [0.05, 0.1) is 7.11 Å². The van der Waals surface area contributed by atoms with Gasteiger partial charge in [0, 0.05) is 18.2 Å². The minimum atomic E-state index is -0.303. The monoisotopic (exact) mass is 400 g/mol. The summed E-state index contributed by atoms with van der Waals surface area (Å²) >= 11 is 0. The van der Waals surface area contributed by atoms with Crippen molar-refractivity contribution in [2.24, 2.45) is 0 Å². The van der Waals surface area contributed by atoms with E-state index in [4.69, 9.17) is 14.0 Å². The molecular weight excluding hydrogens is 380 g/mol. The molecule has 0 atom stereocenters. The van der Waals surface area contributed by atoms with E-state index in [1.54, 1.807) is 13.2 Å². The maximum absolute atomic E-state index is 12.4. The van der Waals surface area contributed by atoms with Crippen LogP contribution in [0.1, 0.15) is 16.1 Å². The second kappa shape index (κ2) is 8.96. The van der Waals surface area contributed by atoms with Gasteiger partial charge in [-0.3, -0.25) is 4.79 Å². The molecule has 1 heterocycles. The molecule has 1 N–H and O–H groups in total. The first-order valence-electron chi connectivity index (χ1n) is 9.42. The summed E-state index contributed by atoms with van der Waals surface area (Å²) in [6.07, 6.45) is 0. The highest BCUT2D eigenvalue weighted by molar-refractivity contribution is 5.93. The van der Waals surface area contributed by atoms with Crippen molar-refractivity contribution in [3.8, 4) is 28.6 Å². The molecule has 0 bridgehead atoms. The third-order valence-corrected chi connectivity index (χ3v) is 4.47. The standard InChI is InChI=1S/C24H20N2O4/c1-28-19-13-9-18(10-14-19)23-15-22(26-30-23)24(27)25-16-17-7-11-21(12-8-17)29-20-5-3-2-4-6-20/h2-15H,16H2,1H3,(H,25,27). The zero-order chi connectivity index (χ0) is 20.8. The van der Waals surface area contributed by atoms with Crippen LogP contribution >= 0.6 is 0 Å². The molecule has 0 unspecified atom stereocenters. The van der Waals surface area contributed by atoms with E-state index in [-0.39, 0.29) is 11.6 Å². The number of carbonyl (C=O) groups excluding carboxylic acids is 1. The molecule has 6 nitrogen and oxygen atoms in total. The highest BCUT2D eigenvalue weighted by atomic mass is 16.5. The first kappa shape index (κ1) is 19.3. The fraction of sp³-hybridized carbons (Fsp3) is 0.0833. The minimum absolute atomic E-state index is 0.227. The first-order valence-corrected chi connectivity index (χ1v) is 9.42.